The first-order valence-electron chi connectivity index (χ1n) is 11.1. The fraction of sp³-hybridized carbons (Fsp3) is 0.269. The van der Waals surface area contributed by atoms with Crippen LogP contribution >= 0.6 is 11.8 Å². The number of benzene rings is 2. The number of carbonyl (C=O) groups excluding carboxylic acids is 3. The Hall–Kier alpha value is -3.72. The molecule has 2 aliphatic heterocycles. The molecule has 0 spiro atoms. The van der Waals surface area contributed by atoms with E-state index in [4.69, 9.17) is 14.2 Å². The van der Waals surface area contributed by atoms with Crippen molar-refractivity contribution in [3.8, 4) is 5.75 Å². The predicted octanol–water partition coefficient (Wildman–Crippen LogP) is 3.78. The van der Waals surface area contributed by atoms with E-state index in [9.17, 15) is 14.4 Å². The molecule has 0 aliphatic carbocycles. The Labute approximate surface area is 207 Å². The van der Waals surface area contributed by atoms with Gasteiger partial charge in [-0.25, -0.2) is 4.79 Å². The van der Waals surface area contributed by atoms with Crippen LogP contribution in [0.1, 0.15) is 18.1 Å². The molecule has 35 heavy (non-hydrogen) atoms. The van der Waals surface area contributed by atoms with Gasteiger partial charge in [-0.2, -0.15) is 0 Å². The Kier molecular flexibility index (Phi) is 7.77. The quantitative estimate of drug-likeness (QED) is 0.441. The summed E-state index contributed by atoms with van der Waals surface area (Å²) in [6.07, 6.45) is 2.88. The summed E-state index contributed by atoms with van der Waals surface area (Å²) < 4.78 is 15.9. The number of methoxy groups -OCH3 is 1. The normalized spacial score (nSPS) is 19.1. The van der Waals surface area contributed by atoms with Gasteiger partial charge in [-0.05, 0) is 30.2 Å². The van der Waals surface area contributed by atoms with Gasteiger partial charge < -0.3 is 19.5 Å². The summed E-state index contributed by atoms with van der Waals surface area (Å²) in [7, 11) is 1.57. The number of hydrogen-bond donors (Lipinski definition) is 1. The zero-order valence-corrected chi connectivity index (χ0v) is 20.2. The van der Waals surface area contributed by atoms with E-state index in [0.29, 0.717) is 17.1 Å². The van der Waals surface area contributed by atoms with Crippen LogP contribution in [-0.2, 0) is 32.1 Å². The second kappa shape index (κ2) is 11.1. The Balaban J connectivity index is 1.39. The third-order valence-corrected chi connectivity index (χ3v) is 6.84. The van der Waals surface area contributed by atoms with Crippen LogP contribution in [0.4, 0.5) is 4.79 Å². The summed E-state index contributed by atoms with van der Waals surface area (Å²) in [5.41, 5.74) is 2.32. The van der Waals surface area contributed by atoms with Crippen LogP contribution in [-0.4, -0.2) is 47.1 Å². The van der Waals surface area contributed by atoms with Gasteiger partial charge in [-0.3, -0.25) is 14.5 Å². The second-order valence-electron chi connectivity index (χ2n) is 7.94. The lowest BCUT2D eigenvalue weighted by molar-refractivity contribution is -0.149. The van der Waals surface area contributed by atoms with Crippen molar-refractivity contribution in [2.45, 2.75) is 31.4 Å². The zero-order chi connectivity index (χ0) is 24.8. The predicted molar refractivity (Wildman–Crippen MR) is 131 cm³/mol. The number of rotatable bonds is 8. The lowest BCUT2D eigenvalue weighted by atomic mass is 10.0. The lowest BCUT2D eigenvalue weighted by Gasteiger charge is -2.49. The Morgan fingerprint density at radius 3 is 2.54 bits per heavy atom. The largest absolute Gasteiger partial charge is 0.515 e. The number of carbonyl (C=O) groups is 3. The van der Waals surface area contributed by atoms with E-state index < -0.39 is 12.2 Å². The SMILES string of the molecule is C/C=C\C1=C(OC(=O)OCc2ccc(OC)cc2)N2C(=O)C(NC(=O)Cc3ccccc3)[C@@H]2SC1. The Morgan fingerprint density at radius 2 is 1.86 bits per heavy atom. The number of amides is 2. The standard InChI is InChI=1S/C26H26N2O6S/c1-3-7-19-16-35-25-22(27-21(29)14-17-8-5-4-6-9-17)23(30)28(25)24(19)34-26(31)33-15-18-10-12-20(32-2)13-11-18/h3-13,22,25H,14-16H2,1-2H3,(H,27,29)/b7-3-/t22?,25-/m0/s1. The van der Waals surface area contributed by atoms with Crippen LogP contribution in [0.2, 0.25) is 0 Å². The Bertz CT molecular complexity index is 1150. The van der Waals surface area contributed by atoms with Crippen LogP contribution in [0.3, 0.4) is 0 Å². The maximum Gasteiger partial charge on any atom is 0.515 e. The van der Waals surface area contributed by atoms with Crippen molar-refractivity contribution in [3.05, 3.63) is 89.3 Å². The highest BCUT2D eigenvalue weighted by Crippen LogP contribution is 2.41. The van der Waals surface area contributed by atoms with Crippen molar-refractivity contribution < 1.29 is 28.6 Å². The molecule has 1 saturated heterocycles. The molecule has 9 heteroatoms. The molecule has 0 aromatic heterocycles. The maximum atomic E-state index is 13.0. The number of nitrogens with one attached hydrogen (secondary N) is 1. The van der Waals surface area contributed by atoms with Crippen LogP contribution < -0.4 is 10.1 Å². The molecule has 4 rings (SSSR count). The van der Waals surface area contributed by atoms with Crippen molar-refractivity contribution in [1.82, 2.24) is 10.2 Å². The fourth-order valence-electron chi connectivity index (χ4n) is 3.79. The third kappa shape index (κ3) is 5.68. The molecule has 0 radical (unpaired) electrons. The van der Waals surface area contributed by atoms with Crippen LogP contribution in [0, 0.1) is 0 Å². The second-order valence-corrected chi connectivity index (χ2v) is 9.04. The minimum absolute atomic E-state index is 0.0132. The molecule has 0 saturated carbocycles. The summed E-state index contributed by atoms with van der Waals surface area (Å²) in [5.74, 6) is 0.795. The maximum absolute atomic E-state index is 13.0. The van der Waals surface area contributed by atoms with E-state index >= 15 is 0 Å². The van der Waals surface area contributed by atoms with Gasteiger partial charge >= 0.3 is 6.16 Å². The van der Waals surface area contributed by atoms with Gasteiger partial charge in [0, 0.05) is 11.3 Å². The van der Waals surface area contributed by atoms with E-state index in [1.165, 1.54) is 16.7 Å². The molecule has 0 bridgehead atoms. The fourth-order valence-corrected chi connectivity index (χ4v) is 5.08. The molecule has 8 nitrogen and oxygen atoms in total. The number of β-lactam (4-membered cyclic amide) rings is 1. The summed E-state index contributed by atoms with van der Waals surface area (Å²) in [5, 5.41) is 2.46. The van der Waals surface area contributed by atoms with Crippen molar-refractivity contribution in [1.29, 1.82) is 0 Å². The molecule has 2 heterocycles. The smallest absolute Gasteiger partial charge is 0.497 e. The number of nitrogens with zero attached hydrogens (tertiary/aromatic N) is 1. The molecule has 2 amide bonds. The highest BCUT2D eigenvalue weighted by Gasteiger charge is 2.53. The van der Waals surface area contributed by atoms with E-state index in [1.54, 1.807) is 37.5 Å². The third-order valence-electron chi connectivity index (χ3n) is 5.53. The van der Waals surface area contributed by atoms with Gasteiger partial charge in [-0.1, -0.05) is 54.6 Å². The highest BCUT2D eigenvalue weighted by molar-refractivity contribution is 8.00. The van der Waals surface area contributed by atoms with Gasteiger partial charge in [0.2, 0.25) is 11.8 Å². The zero-order valence-electron chi connectivity index (χ0n) is 19.4. The van der Waals surface area contributed by atoms with Crippen molar-refractivity contribution in [2.75, 3.05) is 12.9 Å². The van der Waals surface area contributed by atoms with Gasteiger partial charge in [-0.15, -0.1) is 11.8 Å². The first kappa shape index (κ1) is 24.4. The molecule has 2 atom stereocenters. The number of hydrogen-bond acceptors (Lipinski definition) is 7. The average Bonchev–Trinajstić information content (AvgIpc) is 2.87. The summed E-state index contributed by atoms with van der Waals surface area (Å²) in [6.45, 7) is 1.85. The molecule has 2 aromatic rings. The minimum Gasteiger partial charge on any atom is -0.497 e. The first-order chi connectivity index (χ1) is 17.0. The highest BCUT2D eigenvalue weighted by atomic mass is 32.2. The lowest BCUT2D eigenvalue weighted by Crippen LogP contribution is -2.70. The summed E-state index contributed by atoms with van der Waals surface area (Å²) >= 11 is 1.50. The molecule has 1 fully saturated rings. The Morgan fingerprint density at radius 1 is 1.11 bits per heavy atom. The first-order valence-corrected chi connectivity index (χ1v) is 12.2. The molecular weight excluding hydrogens is 468 g/mol. The molecule has 1 unspecified atom stereocenters. The average molecular weight is 495 g/mol. The van der Waals surface area contributed by atoms with Crippen molar-refractivity contribution in [2.24, 2.45) is 0 Å². The number of thioether (sulfide) groups is 1. The molecule has 1 N–H and O–H groups in total. The topological polar surface area (TPSA) is 94.2 Å². The molecule has 2 aromatic carbocycles. The number of fused-ring (bicyclic) bond motifs is 1. The molecule has 2 aliphatic rings. The minimum atomic E-state index is -0.909. The van der Waals surface area contributed by atoms with E-state index in [-0.39, 0.29) is 36.1 Å². The van der Waals surface area contributed by atoms with Crippen molar-refractivity contribution in [3.63, 3.8) is 0 Å². The van der Waals surface area contributed by atoms with Gasteiger partial charge in [0.25, 0.3) is 5.91 Å². The molecular formula is C26H26N2O6S. The van der Waals surface area contributed by atoms with Crippen LogP contribution in [0.25, 0.3) is 0 Å². The van der Waals surface area contributed by atoms with Gasteiger partial charge in [0.05, 0.1) is 13.5 Å². The number of allylic oxidation sites excluding steroid dienone is 2. The number of ether oxygens (including phenoxy) is 3. The summed E-state index contributed by atoms with van der Waals surface area (Å²) in [4.78, 5) is 39.3. The van der Waals surface area contributed by atoms with E-state index in [1.807, 2.05) is 43.3 Å². The van der Waals surface area contributed by atoms with Crippen LogP contribution in [0.15, 0.2) is 78.2 Å². The van der Waals surface area contributed by atoms with E-state index in [2.05, 4.69) is 5.32 Å². The summed E-state index contributed by atoms with van der Waals surface area (Å²) in [6, 6.07) is 15.7. The monoisotopic (exact) mass is 494 g/mol. The van der Waals surface area contributed by atoms with Gasteiger partial charge in [0.1, 0.15) is 23.8 Å². The molecule has 182 valence electrons. The van der Waals surface area contributed by atoms with Crippen molar-refractivity contribution >= 4 is 29.7 Å². The van der Waals surface area contributed by atoms with Crippen LogP contribution in [0.5, 0.6) is 5.75 Å². The van der Waals surface area contributed by atoms with E-state index in [0.717, 1.165) is 11.1 Å². The van der Waals surface area contributed by atoms with Gasteiger partial charge in [0.15, 0.2) is 0 Å².